The lowest BCUT2D eigenvalue weighted by Gasteiger charge is -2.10. The SMILES string of the molecule is COc1ccc2c(NCCCCCO[N+](=O)[O-])ccnc2c1. The molecule has 1 aromatic heterocycles. The zero-order chi connectivity index (χ0) is 15.8. The van der Waals surface area contributed by atoms with Crippen molar-refractivity contribution < 1.29 is 14.7 Å². The number of pyridine rings is 1. The molecule has 7 heteroatoms. The highest BCUT2D eigenvalue weighted by atomic mass is 16.9. The summed E-state index contributed by atoms with van der Waals surface area (Å²) in [5.41, 5.74) is 1.90. The Balaban J connectivity index is 1.83. The summed E-state index contributed by atoms with van der Waals surface area (Å²) in [7, 11) is 1.63. The maximum atomic E-state index is 10.00. The summed E-state index contributed by atoms with van der Waals surface area (Å²) in [5.74, 6) is 0.781. The number of hydrogen-bond acceptors (Lipinski definition) is 6. The molecule has 0 saturated carbocycles. The number of rotatable bonds is 9. The third kappa shape index (κ3) is 4.47. The zero-order valence-corrected chi connectivity index (χ0v) is 12.4. The van der Waals surface area contributed by atoms with Crippen molar-refractivity contribution in [2.75, 3.05) is 25.6 Å². The monoisotopic (exact) mass is 305 g/mol. The van der Waals surface area contributed by atoms with E-state index < -0.39 is 5.09 Å². The summed E-state index contributed by atoms with van der Waals surface area (Å²) in [4.78, 5) is 18.6. The molecule has 0 aliphatic rings. The molecule has 1 aromatic carbocycles. The highest BCUT2D eigenvalue weighted by Crippen LogP contribution is 2.25. The van der Waals surface area contributed by atoms with Crippen molar-refractivity contribution >= 4 is 16.6 Å². The van der Waals surface area contributed by atoms with Gasteiger partial charge < -0.3 is 14.9 Å². The lowest BCUT2D eigenvalue weighted by atomic mass is 10.1. The maximum Gasteiger partial charge on any atom is 0.294 e. The molecule has 0 unspecified atom stereocenters. The minimum Gasteiger partial charge on any atom is -0.497 e. The Morgan fingerprint density at radius 3 is 2.91 bits per heavy atom. The number of nitrogens with zero attached hydrogens (tertiary/aromatic N) is 2. The van der Waals surface area contributed by atoms with Crippen molar-refractivity contribution in [2.24, 2.45) is 0 Å². The molecule has 0 radical (unpaired) electrons. The van der Waals surface area contributed by atoms with E-state index in [2.05, 4.69) is 15.1 Å². The summed E-state index contributed by atoms with van der Waals surface area (Å²) >= 11 is 0. The van der Waals surface area contributed by atoms with Gasteiger partial charge in [-0.05, 0) is 37.5 Å². The summed E-state index contributed by atoms with van der Waals surface area (Å²) in [6.45, 7) is 0.953. The predicted molar refractivity (Wildman–Crippen MR) is 83.6 cm³/mol. The number of methoxy groups -OCH3 is 1. The fourth-order valence-corrected chi connectivity index (χ4v) is 2.18. The van der Waals surface area contributed by atoms with Crippen molar-refractivity contribution in [3.05, 3.63) is 40.6 Å². The molecule has 0 amide bonds. The van der Waals surface area contributed by atoms with Gasteiger partial charge in [-0.15, -0.1) is 10.1 Å². The largest absolute Gasteiger partial charge is 0.497 e. The van der Waals surface area contributed by atoms with E-state index in [1.165, 1.54) is 0 Å². The number of nitrogens with one attached hydrogen (secondary N) is 1. The zero-order valence-electron chi connectivity index (χ0n) is 12.4. The summed E-state index contributed by atoms with van der Waals surface area (Å²) in [5, 5.41) is 13.7. The van der Waals surface area contributed by atoms with Crippen LogP contribution in [0.2, 0.25) is 0 Å². The number of unbranched alkanes of at least 4 members (excludes halogenated alkanes) is 2. The van der Waals surface area contributed by atoms with E-state index >= 15 is 0 Å². The van der Waals surface area contributed by atoms with Crippen LogP contribution in [0.15, 0.2) is 30.5 Å². The molecule has 1 N–H and O–H groups in total. The summed E-state index contributed by atoms with van der Waals surface area (Å²) in [6.07, 6.45) is 4.23. The molecule has 22 heavy (non-hydrogen) atoms. The first-order chi connectivity index (χ1) is 10.7. The molecular formula is C15H19N3O4. The predicted octanol–water partition coefficient (Wildman–Crippen LogP) is 3.03. The average molecular weight is 305 g/mol. The molecule has 0 spiro atoms. The van der Waals surface area contributed by atoms with Gasteiger partial charge in [0.2, 0.25) is 0 Å². The smallest absolute Gasteiger partial charge is 0.294 e. The van der Waals surface area contributed by atoms with Gasteiger partial charge in [-0.1, -0.05) is 0 Å². The Kier molecular flexibility index (Phi) is 5.76. The number of hydrogen-bond donors (Lipinski definition) is 1. The van der Waals surface area contributed by atoms with Crippen LogP contribution in [0.4, 0.5) is 5.69 Å². The van der Waals surface area contributed by atoms with Crippen molar-refractivity contribution in [3.8, 4) is 5.75 Å². The highest BCUT2D eigenvalue weighted by molar-refractivity contribution is 5.91. The lowest BCUT2D eigenvalue weighted by Crippen LogP contribution is -2.05. The van der Waals surface area contributed by atoms with Crippen LogP contribution in [-0.4, -0.2) is 30.3 Å². The van der Waals surface area contributed by atoms with Crippen molar-refractivity contribution in [3.63, 3.8) is 0 Å². The van der Waals surface area contributed by atoms with Gasteiger partial charge in [0.25, 0.3) is 5.09 Å². The molecule has 0 aliphatic carbocycles. The molecule has 2 rings (SSSR count). The number of ether oxygens (including phenoxy) is 1. The van der Waals surface area contributed by atoms with Crippen LogP contribution in [-0.2, 0) is 4.84 Å². The second-order valence-electron chi connectivity index (χ2n) is 4.79. The van der Waals surface area contributed by atoms with Crippen LogP contribution in [0.25, 0.3) is 10.9 Å². The fourth-order valence-electron chi connectivity index (χ4n) is 2.18. The Labute approximate surface area is 128 Å². The van der Waals surface area contributed by atoms with Gasteiger partial charge in [0.05, 0.1) is 19.2 Å². The van der Waals surface area contributed by atoms with Crippen LogP contribution in [0, 0.1) is 10.1 Å². The van der Waals surface area contributed by atoms with Gasteiger partial charge >= 0.3 is 0 Å². The van der Waals surface area contributed by atoms with Crippen LogP contribution in [0.5, 0.6) is 5.75 Å². The van der Waals surface area contributed by atoms with E-state index in [1.54, 1.807) is 13.3 Å². The topological polar surface area (TPSA) is 86.5 Å². The Bertz CT molecular complexity index is 633. The molecule has 0 fully saturated rings. The number of fused-ring (bicyclic) bond motifs is 1. The minimum atomic E-state index is -0.754. The van der Waals surface area contributed by atoms with Gasteiger partial charge in [0.15, 0.2) is 0 Å². The van der Waals surface area contributed by atoms with E-state index in [0.717, 1.165) is 41.7 Å². The van der Waals surface area contributed by atoms with E-state index in [-0.39, 0.29) is 6.61 Å². The lowest BCUT2D eigenvalue weighted by molar-refractivity contribution is -0.757. The maximum absolute atomic E-state index is 10.00. The van der Waals surface area contributed by atoms with Crippen LogP contribution < -0.4 is 10.1 Å². The van der Waals surface area contributed by atoms with Gasteiger partial charge in [-0.3, -0.25) is 4.98 Å². The molecule has 0 saturated heterocycles. The van der Waals surface area contributed by atoms with Crippen LogP contribution in [0.1, 0.15) is 19.3 Å². The Morgan fingerprint density at radius 2 is 2.14 bits per heavy atom. The molecular weight excluding hydrogens is 286 g/mol. The Morgan fingerprint density at radius 1 is 1.27 bits per heavy atom. The van der Waals surface area contributed by atoms with E-state index in [1.807, 2.05) is 24.3 Å². The second-order valence-corrected chi connectivity index (χ2v) is 4.79. The van der Waals surface area contributed by atoms with Gasteiger partial charge in [0.1, 0.15) is 5.75 Å². The normalized spacial score (nSPS) is 10.4. The Hall–Kier alpha value is -2.57. The van der Waals surface area contributed by atoms with Crippen LogP contribution >= 0.6 is 0 Å². The molecule has 118 valence electrons. The van der Waals surface area contributed by atoms with E-state index in [9.17, 15) is 10.1 Å². The van der Waals surface area contributed by atoms with E-state index in [4.69, 9.17) is 4.74 Å². The molecule has 0 aliphatic heterocycles. The van der Waals surface area contributed by atoms with Crippen LogP contribution in [0.3, 0.4) is 0 Å². The number of aromatic nitrogens is 1. The van der Waals surface area contributed by atoms with Gasteiger partial charge in [-0.2, -0.15) is 0 Å². The minimum absolute atomic E-state index is 0.158. The third-order valence-corrected chi connectivity index (χ3v) is 3.28. The highest BCUT2D eigenvalue weighted by Gasteiger charge is 2.03. The molecule has 2 aromatic rings. The third-order valence-electron chi connectivity index (χ3n) is 3.28. The molecule has 0 atom stereocenters. The van der Waals surface area contributed by atoms with Crippen molar-refractivity contribution in [2.45, 2.75) is 19.3 Å². The molecule has 7 nitrogen and oxygen atoms in total. The van der Waals surface area contributed by atoms with Crippen molar-refractivity contribution in [1.82, 2.24) is 4.98 Å². The first-order valence-electron chi connectivity index (χ1n) is 7.14. The van der Waals surface area contributed by atoms with Crippen molar-refractivity contribution in [1.29, 1.82) is 0 Å². The molecule has 0 bridgehead atoms. The van der Waals surface area contributed by atoms with Gasteiger partial charge in [0, 0.05) is 29.9 Å². The first kappa shape index (κ1) is 15.8. The number of anilines is 1. The van der Waals surface area contributed by atoms with E-state index in [0.29, 0.717) is 6.42 Å². The van der Waals surface area contributed by atoms with Gasteiger partial charge in [-0.25, -0.2) is 0 Å². The quantitative estimate of drug-likeness (QED) is 0.435. The summed E-state index contributed by atoms with van der Waals surface area (Å²) < 4.78 is 5.19. The summed E-state index contributed by atoms with van der Waals surface area (Å²) in [6, 6.07) is 7.72. The standard InChI is InChI=1S/C15H19N3O4/c1-21-12-5-6-13-14(7-9-17-15(13)11-12)16-8-3-2-4-10-22-18(19)20/h5-7,9,11H,2-4,8,10H2,1H3,(H,16,17). The first-order valence-corrected chi connectivity index (χ1v) is 7.14. The number of benzene rings is 1. The fraction of sp³-hybridized carbons (Fsp3) is 0.400. The molecule has 1 heterocycles. The second kappa shape index (κ2) is 8.02. The average Bonchev–Trinajstić information content (AvgIpc) is 2.53.